The Morgan fingerprint density at radius 1 is 0.958 bits per heavy atom. The van der Waals surface area contributed by atoms with Gasteiger partial charge in [0.05, 0.1) is 13.2 Å². The fourth-order valence-electron chi connectivity index (χ4n) is 3.33. The van der Waals surface area contributed by atoms with Gasteiger partial charge >= 0.3 is 0 Å². The average Bonchev–Trinajstić information content (AvgIpc) is 2.62. The van der Waals surface area contributed by atoms with E-state index in [4.69, 9.17) is 4.74 Å². The molecule has 2 N–H and O–H groups in total. The zero-order valence-electron chi connectivity index (χ0n) is 15.7. The second-order valence-electron chi connectivity index (χ2n) is 7.11. The Balaban J connectivity index is 1.46. The minimum atomic E-state index is 0.864. The molecule has 140 valence electrons. The van der Waals surface area contributed by atoms with Crippen LogP contribution in [0.4, 0.5) is 0 Å². The number of nitrogens with one attached hydrogen (secondary N) is 2. The number of rotatable bonds is 8. The van der Waals surface area contributed by atoms with Crippen LogP contribution in [-0.4, -0.2) is 88.4 Å². The summed E-state index contributed by atoms with van der Waals surface area (Å²) in [5.41, 5.74) is 0. The number of morpholine rings is 1. The van der Waals surface area contributed by atoms with Crippen molar-refractivity contribution < 1.29 is 4.74 Å². The molecule has 2 aliphatic heterocycles. The van der Waals surface area contributed by atoms with Gasteiger partial charge < -0.3 is 20.3 Å². The van der Waals surface area contributed by atoms with Crippen molar-refractivity contribution in [3.63, 3.8) is 0 Å². The van der Waals surface area contributed by atoms with Crippen molar-refractivity contribution in [3.8, 4) is 0 Å². The summed E-state index contributed by atoms with van der Waals surface area (Å²) < 4.78 is 5.37. The number of nitrogens with zero attached hydrogens (tertiary/aromatic N) is 3. The van der Waals surface area contributed by atoms with Crippen molar-refractivity contribution in [2.75, 3.05) is 72.6 Å². The van der Waals surface area contributed by atoms with E-state index in [1.54, 1.807) is 0 Å². The number of ether oxygens (including phenoxy) is 1. The maximum atomic E-state index is 5.37. The molecule has 0 aromatic carbocycles. The lowest BCUT2D eigenvalue weighted by Crippen LogP contribution is -2.44. The molecule has 2 rings (SSSR count). The first-order valence-electron chi connectivity index (χ1n) is 9.75. The van der Waals surface area contributed by atoms with E-state index in [0.717, 1.165) is 57.8 Å². The van der Waals surface area contributed by atoms with Crippen molar-refractivity contribution in [2.24, 2.45) is 10.9 Å². The second kappa shape index (κ2) is 11.7. The summed E-state index contributed by atoms with van der Waals surface area (Å²) in [7, 11) is 1.85. The van der Waals surface area contributed by atoms with E-state index in [9.17, 15) is 0 Å². The minimum Gasteiger partial charge on any atom is -0.379 e. The number of unbranched alkanes of at least 4 members (excludes halogenated alkanes) is 1. The first-order valence-corrected chi connectivity index (χ1v) is 9.75. The molecule has 2 aliphatic rings. The molecule has 0 bridgehead atoms. The van der Waals surface area contributed by atoms with Gasteiger partial charge in [0.15, 0.2) is 5.96 Å². The fourth-order valence-corrected chi connectivity index (χ4v) is 3.33. The lowest BCUT2D eigenvalue weighted by molar-refractivity contribution is 0.0389. The summed E-state index contributed by atoms with van der Waals surface area (Å²) in [4.78, 5) is 9.36. The highest BCUT2D eigenvalue weighted by Crippen LogP contribution is 2.15. The van der Waals surface area contributed by atoms with Gasteiger partial charge in [0.25, 0.3) is 0 Å². The number of guanidine groups is 1. The average molecular weight is 340 g/mol. The molecule has 0 radical (unpaired) electrons. The first-order chi connectivity index (χ1) is 11.8. The lowest BCUT2D eigenvalue weighted by Gasteiger charge is -2.30. The molecule has 0 aliphatic carbocycles. The van der Waals surface area contributed by atoms with Crippen LogP contribution in [-0.2, 0) is 4.74 Å². The van der Waals surface area contributed by atoms with Crippen LogP contribution < -0.4 is 10.6 Å². The second-order valence-corrected chi connectivity index (χ2v) is 7.11. The molecule has 0 aromatic heterocycles. The number of aliphatic imine (C=N–C) groups is 1. The summed E-state index contributed by atoms with van der Waals surface area (Å²) in [6, 6.07) is 0. The molecule has 2 saturated heterocycles. The molecule has 2 fully saturated rings. The van der Waals surface area contributed by atoms with Crippen LogP contribution in [0.25, 0.3) is 0 Å². The Bertz CT molecular complexity index is 349. The topological polar surface area (TPSA) is 52.1 Å². The van der Waals surface area contributed by atoms with E-state index >= 15 is 0 Å². The van der Waals surface area contributed by atoms with Crippen LogP contribution in [0.1, 0.15) is 32.6 Å². The largest absolute Gasteiger partial charge is 0.379 e. The zero-order chi connectivity index (χ0) is 17.0. The van der Waals surface area contributed by atoms with Crippen molar-refractivity contribution in [1.82, 2.24) is 20.4 Å². The van der Waals surface area contributed by atoms with Crippen molar-refractivity contribution >= 4 is 5.96 Å². The van der Waals surface area contributed by atoms with Crippen LogP contribution in [0, 0.1) is 5.92 Å². The van der Waals surface area contributed by atoms with Gasteiger partial charge in [-0.05, 0) is 51.2 Å². The van der Waals surface area contributed by atoms with Crippen LogP contribution in [0.3, 0.4) is 0 Å². The molecule has 0 saturated carbocycles. The van der Waals surface area contributed by atoms with Crippen LogP contribution >= 0.6 is 0 Å². The Morgan fingerprint density at radius 2 is 1.62 bits per heavy atom. The molecule has 0 spiro atoms. The molecule has 24 heavy (non-hydrogen) atoms. The van der Waals surface area contributed by atoms with Gasteiger partial charge in [0, 0.05) is 39.8 Å². The number of hydrogen-bond acceptors (Lipinski definition) is 4. The maximum Gasteiger partial charge on any atom is 0.191 e. The van der Waals surface area contributed by atoms with E-state index < -0.39 is 0 Å². The van der Waals surface area contributed by atoms with Gasteiger partial charge in [0.2, 0.25) is 0 Å². The van der Waals surface area contributed by atoms with Gasteiger partial charge in [-0.25, -0.2) is 0 Å². The van der Waals surface area contributed by atoms with E-state index in [1.165, 1.54) is 45.3 Å². The van der Waals surface area contributed by atoms with Crippen molar-refractivity contribution in [2.45, 2.75) is 32.6 Å². The molecule has 0 unspecified atom stereocenters. The predicted molar refractivity (Wildman–Crippen MR) is 101 cm³/mol. The smallest absolute Gasteiger partial charge is 0.191 e. The fraction of sp³-hybridized carbons (Fsp3) is 0.944. The third-order valence-corrected chi connectivity index (χ3v) is 5.12. The Hall–Kier alpha value is -0.850. The number of hydrogen-bond donors (Lipinski definition) is 2. The van der Waals surface area contributed by atoms with Gasteiger partial charge in [-0.2, -0.15) is 0 Å². The van der Waals surface area contributed by atoms with Crippen LogP contribution in [0.15, 0.2) is 4.99 Å². The third kappa shape index (κ3) is 7.81. The normalized spacial score (nSPS) is 21.8. The molecule has 6 nitrogen and oxygen atoms in total. The molecule has 0 amide bonds. The summed E-state index contributed by atoms with van der Waals surface area (Å²) in [6.07, 6.45) is 5.22. The molecule has 0 atom stereocenters. The monoisotopic (exact) mass is 339 g/mol. The zero-order valence-corrected chi connectivity index (χ0v) is 15.7. The Morgan fingerprint density at radius 3 is 2.33 bits per heavy atom. The van der Waals surface area contributed by atoms with E-state index in [2.05, 4.69) is 32.3 Å². The van der Waals surface area contributed by atoms with Gasteiger partial charge in [-0.15, -0.1) is 0 Å². The first kappa shape index (κ1) is 19.5. The summed E-state index contributed by atoms with van der Waals surface area (Å²) in [5.74, 6) is 1.85. The number of likely N-dealkylation sites (tertiary alicyclic amines) is 1. The molecule has 6 heteroatoms. The SMILES string of the molecule is CN=C(NCCCCN1CCC(C)CC1)NCCN1CCOCC1. The van der Waals surface area contributed by atoms with E-state index in [0.29, 0.717) is 0 Å². The van der Waals surface area contributed by atoms with Gasteiger partial charge in [0.1, 0.15) is 0 Å². The van der Waals surface area contributed by atoms with Gasteiger partial charge in [-0.1, -0.05) is 6.92 Å². The summed E-state index contributed by atoms with van der Waals surface area (Å²) in [5, 5.41) is 6.84. The number of piperidine rings is 1. The highest BCUT2D eigenvalue weighted by Gasteiger charge is 2.14. The summed E-state index contributed by atoms with van der Waals surface area (Å²) in [6.45, 7) is 13.0. The highest BCUT2D eigenvalue weighted by atomic mass is 16.5. The molecular formula is C18H37N5O. The van der Waals surface area contributed by atoms with Gasteiger partial charge in [-0.3, -0.25) is 9.89 Å². The Labute approximate surface area is 148 Å². The van der Waals surface area contributed by atoms with Crippen molar-refractivity contribution in [1.29, 1.82) is 0 Å². The quantitative estimate of drug-likeness (QED) is 0.392. The predicted octanol–water partition coefficient (Wildman–Crippen LogP) is 0.996. The van der Waals surface area contributed by atoms with E-state index in [-0.39, 0.29) is 0 Å². The lowest BCUT2D eigenvalue weighted by atomic mass is 9.99. The minimum absolute atomic E-state index is 0.864. The summed E-state index contributed by atoms with van der Waals surface area (Å²) >= 11 is 0. The third-order valence-electron chi connectivity index (χ3n) is 5.12. The highest BCUT2D eigenvalue weighted by molar-refractivity contribution is 5.79. The Kier molecular flexibility index (Phi) is 9.46. The molecule has 0 aromatic rings. The van der Waals surface area contributed by atoms with E-state index in [1.807, 2.05) is 7.05 Å². The van der Waals surface area contributed by atoms with Crippen LogP contribution in [0.2, 0.25) is 0 Å². The maximum absolute atomic E-state index is 5.37. The van der Waals surface area contributed by atoms with Crippen LogP contribution in [0.5, 0.6) is 0 Å². The standard InChI is InChI=1S/C18H37N5O/c1-17-5-10-22(11-6-17)9-4-3-7-20-18(19-2)21-8-12-23-13-15-24-16-14-23/h17H,3-16H2,1-2H3,(H2,19,20,21). The van der Waals surface area contributed by atoms with Crippen molar-refractivity contribution in [3.05, 3.63) is 0 Å². The molecular weight excluding hydrogens is 302 g/mol. The molecule has 2 heterocycles.